The van der Waals surface area contributed by atoms with E-state index in [1.54, 1.807) is 39.0 Å². The number of carbonyl (C=O) groups excluding carboxylic acids is 4. The Kier molecular flexibility index (Phi) is 5.25. The van der Waals surface area contributed by atoms with E-state index in [1.165, 1.54) is 6.92 Å². The van der Waals surface area contributed by atoms with Crippen molar-refractivity contribution in [2.24, 2.45) is 0 Å². The molecule has 0 aliphatic carbocycles. The van der Waals surface area contributed by atoms with E-state index in [-0.39, 0.29) is 37.9 Å². The monoisotopic (exact) mass is 403 g/mol. The molecule has 0 radical (unpaired) electrons. The first-order chi connectivity index (χ1) is 13.5. The van der Waals surface area contributed by atoms with Crippen molar-refractivity contribution in [2.75, 3.05) is 13.3 Å². The number of fused-ring (bicyclic) bond motifs is 1. The first kappa shape index (κ1) is 20.6. The summed E-state index contributed by atoms with van der Waals surface area (Å²) in [5.41, 5.74) is -1.39. The molecule has 2 aliphatic rings. The van der Waals surface area contributed by atoms with Crippen molar-refractivity contribution >= 4 is 23.6 Å². The van der Waals surface area contributed by atoms with Gasteiger partial charge >= 0.3 is 6.03 Å². The quantitative estimate of drug-likeness (QED) is 0.666. The Labute approximate surface area is 168 Å². The predicted octanol–water partition coefficient (Wildman–Crippen LogP) is 1.45. The second kappa shape index (κ2) is 7.38. The minimum atomic E-state index is -1.26. The van der Waals surface area contributed by atoms with Crippen molar-refractivity contribution in [2.45, 2.75) is 51.6 Å². The van der Waals surface area contributed by atoms with Gasteiger partial charge in [-0.1, -0.05) is 6.07 Å². The summed E-state index contributed by atoms with van der Waals surface area (Å²) in [4.78, 5) is 50.0. The van der Waals surface area contributed by atoms with Gasteiger partial charge in [0.2, 0.25) is 12.7 Å². The molecule has 0 spiro atoms. The predicted molar refractivity (Wildman–Crippen MR) is 102 cm³/mol. The molecule has 0 unspecified atom stereocenters. The van der Waals surface area contributed by atoms with Crippen LogP contribution in [0, 0.1) is 0 Å². The van der Waals surface area contributed by atoms with E-state index in [2.05, 4.69) is 10.6 Å². The molecule has 0 saturated carbocycles. The largest absolute Gasteiger partial charge is 0.454 e. The van der Waals surface area contributed by atoms with Crippen molar-refractivity contribution in [3.8, 4) is 11.5 Å². The Bertz CT molecular complexity index is 881. The number of urea groups is 1. The number of amides is 4. The lowest BCUT2D eigenvalue weighted by Crippen LogP contribution is -2.46. The number of ketones is 1. The van der Waals surface area contributed by atoms with Crippen molar-refractivity contribution in [3.63, 3.8) is 0 Å². The third-order valence-electron chi connectivity index (χ3n) is 4.96. The summed E-state index contributed by atoms with van der Waals surface area (Å²) >= 11 is 0. The number of imide groups is 1. The van der Waals surface area contributed by atoms with Gasteiger partial charge in [-0.15, -0.1) is 0 Å². The first-order valence-corrected chi connectivity index (χ1v) is 9.36. The highest BCUT2D eigenvalue weighted by molar-refractivity contribution is 6.07. The molecular weight excluding hydrogens is 378 g/mol. The molecule has 1 fully saturated rings. The molecule has 1 saturated heterocycles. The summed E-state index contributed by atoms with van der Waals surface area (Å²) in [6.07, 6.45) is 0.141. The molecule has 29 heavy (non-hydrogen) atoms. The topological polar surface area (TPSA) is 114 Å². The van der Waals surface area contributed by atoms with Gasteiger partial charge in [0.1, 0.15) is 11.3 Å². The van der Waals surface area contributed by atoms with Gasteiger partial charge in [0.05, 0.1) is 0 Å². The van der Waals surface area contributed by atoms with Gasteiger partial charge in [-0.2, -0.15) is 0 Å². The van der Waals surface area contributed by atoms with Crippen LogP contribution in [0.5, 0.6) is 11.5 Å². The lowest BCUT2D eigenvalue weighted by molar-refractivity contribution is -0.131. The fourth-order valence-corrected chi connectivity index (χ4v) is 3.62. The van der Waals surface area contributed by atoms with Crippen LogP contribution in [0.25, 0.3) is 0 Å². The molecule has 1 aromatic carbocycles. The lowest BCUT2D eigenvalue weighted by atomic mass is 9.91. The molecule has 2 aliphatic heterocycles. The zero-order valence-corrected chi connectivity index (χ0v) is 17.0. The number of carbonyl (C=O) groups is 4. The minimum Gasteiger partial charge on any atom is -0.454 e. The number of nitrogens with zero attached hydrogens (tertiary/aromatic N) is 1. The Hall–Kier alpha value is -3.10. The molecule has 0 aromatic heterocycles. The SMILES string of the molecule is CC(=O)CC(C)(C)NC(=O)CCN1C(=O)N[C@](C)(c2ccc3c(c2)OCO3)C1=O. The van der Waals surface area contributed by atoms with Gasteiger partial charge in [-0.3, -0.25) is 19.3 Å². The lowest BCUT2D eigenvalue weighted by Gasteiger charge is -2.25. The van der Waals surface area contributed by atoms with E-state index in [4.69, 9.17) is 9.47 Å². The second-order valence-electron chi connectivity index (χ2n) is 8.14. The Balaban J connectivity index is 1.66. The maximum atomic E-state index is 13.0. The molecule has 2 N–H and O–H groups in total. The fraction of sp³-hybridized carbons (Fsp3) is 0.500. The van der Waals surface area contributed by atoms with Gasteiger partial charge in [0.15, 0.2) is 11.5 Å². The molecule has 156 valence electrons. The zero-order valence-electron chi connectivity index (χ0n) is 17.0. The van der Waals surface area contributed by atoms with Gasteiger partial charge in [0.25, 0.3) is 5.91 Å². The van der Waals surface area contributed by atoms with Gasteiger partial charge in [-0.25, -0.2) is 4.79 Å². The van der Waals surface area contributed by atoms with E-state index in [0.29, 0.717) is 17.1 Å². The summed E-state index contributed by atoms with van der Waals surface area (Å²) in [6, 6.07) is 4.49. The van der Waals surface area contributed by atoms with E-state index < -0.39 is 23.0 Å². The van der Waals surface area contributed by atoms with Crippen LogP contribution in [0.15, 0.2) is 18.2 Å². The number of ether oxygens (including phenoxy) is 2. The van der Waals surface area contributed by atoms with Crippen molar-refractivity contribution in [1.29, 1.82) is 0 Å². The number of hydrogen-bond acceptors (Lipinski definition) is 6. The highest BCUT2D eigenvalue weighted by Crippen LogP contribution is 2.37. The summed E-state index contributed by atoms with van der Waals surface area (Å²) in [6.45, 7) is 6.61. The Morgan fingerprint density at radius 1 is 1.24 bits per heavy atom. The van der Waals surface area contributed by atoms with Gasteiger partial charge in [0, 0.05) is 24.9 Å². The maximum absolute atomic E-state index is 13.0. The van der Waals surface area contributed by atoms with E-state index in [0.717, 1.165) is 4.90 Å². The molecular formula is C20H25N3O6. The zero-order chi connectivity index (χ0) is 21.4. The third kappa shape index (κ3) is 4.18. The highest BCUT2D eigenvalue weighted by Gasteiger charge is 2.49. The number of rotatable bonds is 7. The maximum Gasteiger partial charge on any atom is 0.325 e. The van der Waals surface area contributed by atoms with Crippen LogP contribution in [0.4, 0.5) is 4.79 Å². The van der Waals surface area contributed by atoms with Crippen molar-refractivity contribution in [1.82, 2.24) is 15.5 Å². The molecule has 4 amide bonds. The molecule has 3 rings (SSSR count). The van der Waals surface area contributed by atoms with Crippen LogP contribution in [0.1, 0.15) is 46.1 Å². The number of benzene rings is 1. The number of Topliss-reactive ketones (excluding diaryl/α,β-unsaturated/α-hetero) is 1. The normalized spacial score (nSPS) is 20.6. The molecule has 9 nitrogen and oxygen atoms in total. The third-order valence-corrected chi connectivity index (χ3v) is 4.96. The summed E-state index contributed by atoms with van der Waals surface area (Å²) < 4.78 is 10.6. The highest BCUT2D eigenvalue weighted by atomic mass is 16.7. The molecule has 1 atom stereocenters. The van der Waals surface area contributed by atoms with E-state index >= 15 is 0 Å². The van der Waals surface area contributed by atoms with Crippen LogP contribution < -0.4 is 20.1 Å². The standard InChI is InChI=1S/C20H25N3O6/c1-12(24)10-19(2,3)21-16(25)7-8-23-17(26)20(4,22-18(23)27)13-5-6-14-15(9-13)29-11-28-14/h5-6,9H,7-8,10-11H2,1-4H3,(H,21,25)(H,22,27)/t20-/m1/s1. The fourth-order valence-electron chi connectivity index (χ4n) is 3.62. The number of hydrogen-bond donors (Lipinski definition) is 2. The van der Waals surface area contributed by atoms with Gasteiger partial charge < -0.3 is 20.1 Å². The Morgan fingerprint density at radius 3 is 2.62 bits per heavy atom. The van der Waals surface area contributed by atoms with E-state index in [1.807, 2.05) is 0 Å². The van der Waals surface area contributed by atoms with Crippen LogP contribution >= 0.6 is 0 Å². The summed E-state index contributed by atoms with van der Waals surface area (Å²) in [5, 5.41) is 5.46. The molecule has 2 heterocycles. The van der Waals surface area contributed by atoms with Crippen LogP contribution in [-0.4, -0.2) is 47.4 Å². The Morgan fingerprint density at radius 2 is 1.93 bits per heavy atom. The minimum absolute atomic E-state index is 0.0381. The van der Waals surface area contributed by atoms with Crippen molar-refractivity contribution < 1.29 is 28.7 Å². The molecule has 0 bridgehead atoms. The first-order valence-electron chi connectivity index (χ1n) is 9.36. The molecule has 1 aromatic rings. The number of nitrogens with one attached hydrogen (secondary N) is 2. The van der Waals surface area contributed by atoms with Gasteiger partial charge in [-0.05, 0) is 45.4 Å². The van der Waals surface area contributed by atoms with E-state index in [9.17, 15) is 19.2 Å². The smallest absolute Gasteiger partial charge is 0.325 e. The summed E-state index contributed by atoms with van der Waals surface area (Å²) in [5.74, 6) is 0.265. The van der Waals surface area contributed by atoms with Crippen LogP contribution in [-0.2, 0) is 19.9 Å². The average Bonchev–Trinajstić information content (AvgIpc) is 3.15. The second-order valence-corrected chi connectivity index (χ2v) is 8.14. The molecule has 9 heteroatoms. The van der Waals surface area contributed by atoms with Crippen molar-refractivity contribution in [3.05, 3.63) is 23.8 Å². The van der Waals surface area contributed by atoms with Crippen LogP contribution in [0.2, 0.25) is 0 Å². The summed E-state index contributed by atoms with van der Waals surface area (Å²) in [7, 11) is 0. The average molecular weight is 403 g/mol. The van der Waals surface area contributed by atoms with Crippen LogP contribution in [0.3, 0.4) is 0 Å².